The van der Waals surface area contributed by atoms with Crippen molar-refractivity contribution in [2.75, 3.05) is 7.11 Å². The largest absolute Gasteiger partial charge is 0.467 e. The molecule has 0 saturated carbocycles. The van der Waals surface area contributed by atoms with E-state index in [1.54, 1.807) is 6.08 Å². The predicted octanol–water partition coefficient (Wildman–Crippen LogP) is 2.30. The van der Waals surface area contributed by atoms with Crippen molar-refractivity contribution in [1.82, 2.24) is 0 Å². The molecule has 0 saturated heterocycles. The van der Waals surface area contributed by atoms with Gasteiger partial charge in [-0.25, -0.2) is 4.79 Å². The molecule has 0 fully saturated rings. The highest BCUT2D eigenvalue weighted by molar-refractivity contribution is 6.57. The average molecular weight is 197 g/mol. The third-order valence-electron chi connectivity index (χ3n) is 1.15. The second kappa shape index (κ2) is 4.62. The summed E-state index contributed by atoms with van der Waals surface area (Å²) in [5.41, 5.74) is 0. The van der Waals surface area contributed by atoms with E-state index < -0.39 is 10.3 Å². The molecule has 0 aromatic heterocycles. The van der Waals surface area contributed by atoms with E-state index in [9.17, 15) is 4.79 Å². The van der Waals surface area contributed by atoms with Crippen LogP contribution in [0.4, 0.5) is 0 Å². The fourth-order valence-corrected chi connectivity index (χ4v) is 0.907. The van der Waals surface area contributed by atoms with Crippen LogP contribution < -0.4 is 0 Å². The summed E-state index contributed by atoms with van der Waals surface area (Å²) in [4.78, 5) is 10.8. The van der Waals surface area contributed by atoms with Crippen LogP contribution in [0.25, 0.3) is 0 Å². The Balaban J connectivity index is 3.97. The standard InChI is InChI=1S/C7H10Cl2O2/c1-3-4-5-7(8,9)6(10)11-2/h3H,1,4-5H2,2H3. The highest BCUT2D eigenvalue weighted by atomic mass is 35.5. The Bertz CT molecular complexity index is 155. The number of ether oxygens (including phenoxy) is 1. The van der Waals surface area contributed by atoms with Gasteiger partial charge in [-0.3, -0.25) is 0 Å². The average Bonchev–Trinajstić information content (AvgIpc) is 1.99. The fraction of sp³-hybridized carbons (Fsp3) is 0.571. The number of hydrogen-bond acceptors (Lipinski definition) is 2. The van der Waals surface area contributed by atoms with Gasteiger partial charge in [-0.2, -0.15) is 0 Å². The SMILES string of the molecule is C=CCCC(Cl)(Cl)C(=O)OC. The summed E-state index contributed by atoms with van der Waals surface area (Å²) >= 11 is 11.2. The number of allylic oxidation sites excluding steroid dienone is 1. The minimum absolute atomic E-state index is 0.326. The molecular formula is C7H10Cl2O2. The van der Waals surface area contributed by atoms with E-state index in [4.69, 9.17) is 23.2 Å². The molecule has 4 heteroatoms. The highest BCUT2D eigenvalue weighted by Crippen LogP contribution is 2.28. The number of carbonyl (C=O) groups excluding carboxylic acids is 1. The van der Waals surface area contributed by atoms with Gasteiger partial charge in [0.1, 0.15) is 0 Å². The molecule has 0 aliphatic heterocycles. The summed E-state index contributed by atoms with van der Waals surface area (Å²) in [5.74, 6) is -0.623. The summed E-state index contributed by atoms with van der Waals surface area (Å²) in [6.45, 7) is 3.48. The van der Waals surface area contributed by atoms with E-state index in [2.05, 4.69) is 11.3 Å². The minimum atomic E-state index is -1.43. The van der Waals surface area contributed by atoms with Crippen molar-refractivity contribution < 1.29 is 9.53 Å². The number of hydrogen-bond donors (Lipinski definition) is 0. The first-order chi connectivity index (χ1) is 5.04. The van der Waals surface area contributed by atoms with Crippen LogP contribution in [0.2, 0.25) is 0 Å². The van der Waals surface area contributed by atoms with E-state index in [1.165, 1.54) is 7.11 Å². The van der Waals surface area contributed by atoms with E-state index in [0.29, 0.717) is 12.8 Å². The second-order valence-electron chi connectivity index (χ2n) is 2.02. The molecule has 0 bridgehead atoms. The van der Waals surface area contributed by atoms with Crippen LogP contribution in [0.3, 0.4) is 0 Å². The maximum absolute atomic E-state index is 10.8. The predicted molar refractivity (Wildman–Crippen MR) is 45.9 cm³/mol. The van der Waals surface area contributed by atoms with Crippen molar-refractivity contribution >= 4 is 29.2 Å². The Kier molecular flexibility index (Phi) is 4.54. The third-order valence-corrected chi connectivity index (χ3v) is 1.83. The highest BCUT2D eigenvalue weighted by Gasteiger charge is 2.33. The van der Waals surface area contributed by atoms with Gasteiger partial charge in [0.2, 0.25) is 4.33 Å². The topological polar surface area (TPSA) is 26.3 Å². The van der Waals surface area contributed by atoms with Crippen LogP contribution >= 0.6 is 23.2 Å². The lowest BCUT2D eigenvalue weighted by Crippen LogP contribution is -2.26. The van der Waals surface area contributed by atoms with Gasteiger partial charge in [0.15, 0.2) is 0 Å². The molecule has 0 atom stereocenters. The van der Waals surface area contributed by atoms with E-state index in [0.717, 1.165) is 0 Å². The molecule has 0 unspecified atom stereocenters. The molecule has 0 rings (SSSR count). The van der Waals surface area contributed by atoms with Crippen LogP contribution in [0.5, 0.6) is 0 Å². The molecule has 0 N–H and O–H groups in total. The molecule has 0 aromatic rings. The second-order valence-corrected chi connectivity index (χ2v) is 3.51. The van der Waals surface area contributed by atoms with Crippen LogP contribution in [-0.2, 0) is 9.53 Å². The van der Waals surface area contributed by atoms with E-state index in [-0.39, 0.29) is 0 Å². The summed E-state index contributed by atoms with van der Waals surface area (Å²) < 4.78 is 2.95. The molecule has 0 spiro atoms. The molecule has 2 nitrogen and oxygen atoms in total. The number of esters is 1. The molecule has 0 radical (unpaired) electrons. The first kappa shape index (κ1) is 10.8. The first-order valence-electron chi connectivity index (χ1n) is 3.11. The summed E-state index contributed by atoms with van der Waals surface area (Å²) in [7, 11) is 1.25. The van der Waals surface area contributed by atoms with Gasteiger partial charge in [0.25, 0.3) is 0 Å². The van der Waals surface area contributed by atoms with Gasteiger partial charge in [0.05, 0.1) is 7.11 Å². The van der Waals surface area contributed by atoms with Crippen molar-refractivity contribution in [2.45, 2.75) is 17.2 Å². The number of halogens is 2. The quantitative estimate of drug-likeness (QED) is 0.392. The zero-order valence-corrected chi connectivity index (χ0v) is 7.78. The number of alkyl halides is 2. The van der Waals surface area contributed by atoms with Crippen LogP contribution in [0.15, 0.2) is 12.7 Å². The molecule has 64 valence electrons. The van der Waals surface area contributed by atoms with Crippen molar-refractivity contribution in [3.05, 3.63) is 12.7 Å². The third kappa shape index (κ3) is 3.63. The molecule has 0 heterocycles. The summed E-state index contributed by atoms with van der Waals surface area (Å²) in [6.07, 6.45) is 2.55. The summed E-state index contributed by atoms with van der Waals surface area (Å²) in [5, 5.41) is 0. The lowest BCUT2D eigenvalue weighted by atomic mass is 10.2. The molecule has 0 aliphatic carbocycles. The Morgan fingerprint density at radius 2 is 2.27 bits per heavy atom. The van der Waals surface area contributed by atoms with Gasteiger partial charge < -0.3 is 4.74 Å². The maximum Gasteiger partial charge on any atom is 0.342 e. The monoisotopic (exact) mass is 196 g/mol. The number of carbonyl (C=O) groups is 1. The van der Waals surface area contributed by atoms with Gasteiger partial charge >= 0.3 is 5.97 Å². The molecule has 11 heavy (non-hydrogen) atoms. The summed E-state index contributed by atoms with van der Waals surface area (Å²) in [6, 6.07) is 0. The molecule has 0 aliphatic rings. The Morgan fingerprint density at radius 3 is 2.64 bits per heavy atom. The van der Waals surface area contributed by atoms with Gasteiger partial charge in [-0.05, 0) is 12.8 Å². The number of rotatable bonds is 4. The van der Waals surface area contributed by atoms with E-state index >= 15 is 0 Å². The van der Waals surface area contributed by atoms with Crippen molar-refractivity contribution in [3.63, 3.8) is 0 Å². The normalized spacial score (nSPS) is 10.8. The Hall–Kier alpha value is -0.210. The van der Waals surface area contributed by atoms with Crippen LogP contribution in [0.1, 0.15) is 12.8 Å². The molecular weight excluding hydrogens is 187 g/mol. The van der Waals surface area contributed by atoms with Crippen molar-refractivity contribution in [3.8, 4) is 0 Å². The van der Waals surface area contributed by atoms with Crippen LogP contribution in [-0.4, -0.2) is 17.4 Å². The van der Waals surface area contributed by atoms with Crippen molar-refractivity contribution in [1.29, 1.82) is 0 Å². The maximum atomic E-state index is 10.8. The minimum Gasteiger partial charge on any atom is -0.467 e. The number of methoxy groups -OCH3 is 1. The molecule has 0 amide bonds. The zero-order valence-electron chi connectivity index (χ0n) is 6.27. The Labute approximate surface area is 76.1 Å². The van der Waals surface area contributed by atoms with E-state index in [1.807, 2.05) is 0 Å². The van der Waals surface area contributed by atoms with Gasteiger partial charge in [-0.1, -0.05) is 29.3 Å². The fourth-order valence-electron chi connectivity index (χ4n) is 0.535. The molecule has 0 aromatic carbocycles. The van der Waals surface area contributed by atoms with Gasteiger partial charge in [-0.15, -0.1) is 6.58 Å². The van der Waals surface area contributed by atoms with Crippen molar-refractivity contribution in [2.24, 2.45) is 0 Å². The first-order valence-corrected chi connectivity index (χ1v) is 3.87. The smallest absolute Gasteiger partial charge is 0.342 e. The van der Waals surface area contributed by atoms with Gasteiger partial charge in [0, 0.05) is 0 Å². The lowest BCUT2D eigenvalue weighted by molar-refractivity contribution is -0.141. The Morgan fingerprint density at radius 1 is 1.73 bits per heavy atom. The zero-order chi connectivity index (χ0) is 8.91. The lowest BCUT2D eigenvalue weighted by Gasteiger charge is -2.14. The van der Waals surface area contributed by atoms with Crippen LogP contribution in [0, 0.1) is 0 Å².